The molecule has 0 heterocycles. The van der Waals surface area contributed by atoms with Gasteiger partial charge in [0, 0.05) is 30.2 Å². The summed E-state index contributed by atoms with van der Waals surface area (Å²) in [5, 5.41) is 9.76. The van der Waals surface area contributed by atoms with E-state index in [-0.39, 0.29) is 35.0 Å². The number of nitrogens with two attached hydrogens (primary N) is 1. The predicted molar refractivity (Wildman–Crippen MR) is 96.6 cm³/mol. The summed E-state index contributed by atoms with van der Waals surface area (Å²) in [4.78, 5) is -0.140. The fourth-order valence-corrected chi connectivity index (χ4v) is 3.88. The van der Waals surface area contributed by atoms with E-state index in [0.29, 0.717) is 10.0 Å². The lowest BCUT2D eigenvalue weighted by molar-refractivity contribution is 0.450. The molecule has 0 saturated heterocycles. The zero-order valence-corrected chi connectivity index (χ0v) is 15.6. The topological polar surface area (TPSA) is 96.4 Å². The maximum absolute atomic E-state index is 12.8. The van der Waals surface area contributed by atoms with Crippen molar-refractivity contribution >= 4 is 33.2 Å². The SMILES string of the molecule is CN(CCN)S(=O)(=O)c1cc(C#N)ccc1Oc1cc(Cl)cc(Cl)c1. The molecule has 2 aromatic rings. The van der Waals surface area contributed by atoms with Crippen molar-refractivity contribution in [1.29, 1.82) is 5.26 Å². The molecule has 0 aromatic heterocycles. The lowest BCUT2D eigenvalue weighted by Gasteiger charge is -2.19. The van der Waals surface area contributed by atoms with Crippen LogP contribution in [0, 0.1) is 11.3 Å². The Labute approximate surface area is 156 Å². The smallest absolute Gasteiger partial charge is 0.246 e. The normalized spacial score (nSPS) is 11.4. The average molecular weight is 400 g/mol. The fraction of sp³-hybridized carbons (Fsp3) is 0.188. The molecule has 0 unspecified atom stereocenters. The fourth-order valence-electron chi connectivity index (χ4n) is 2.05. The second-order valence-electron chi connectivity index (χ2n) is 5.10. The molecule has 9 heteroatoms. The summed E-state index contributed by atoms with van der Waals surface area (Å²) in [6.45, 7) is 0.287. The van der Waals surface area contributed by atoms with Crippen LogP contribution in [0.5, 0.6) is 11.5 Å². The number of sulfonamides is 1. The lowest BCUT2D eigenvalue weighted by atomic mass is 10.2. The van der Waals surface area contributed by atoms with Gasteiger partial charge in [0.15, 0.2) is 0 Å². The van der Waals surface area contributed by atoms with E-state index in [2.05, 4.69) is 0 Å². The molecule has 2 rings (SSSR count). The molecule has 6 nitrogen and oxygen atoms in total. The number of likely N-dealkylation sites (N-methyl/N-ethyl adjacent to an activating group) is 1. The van der Waals surface area contributed by atoms with Crippen LogP contribution in [0.15, 0.2) is 41.3 Å². The minimum atomic E-state index is -3.89. The van der Waals surface area contributed by atoms with E-state index in [4.69, 9.17) is 38.9 Å². The molecule has 2 N–H and O–H groups in total. The molecule has 0 aliphatic rings. The van der Waals surface area contributed by atoms with Crippen molar-refractivity contribution in [3.63, 3.8) is 0 Å². The molecule has 25 heavy (non-hydrogen) atoms. The minimum absolute atomic E-state index is 0.0567. The van der Waals surface area contributed by atoms with E-state index >= 15 is 0 Å². The largest absolute Gasteiger partial charge is 0.456 e. The van der Waals surface area contributed by atoms with Crippen LogP contribution in [0.25, 0.3) is 0 Å². The molecule has 0 saturated carbocycles. The first-order chi connectivity index (χ1) is 11.8. The number of rotatable bonds is 6. The Hall–Kier alpha value is -1.82. The highest BCUT2D eigenvalue weighted by molar-refractivity contribution is 7.89. The first-order valence-electron chi connectivity index (χ1n) is 7.12. The highest BCUT2D eigenvalue weighted by atomic mass is 35.5. The summed E-state index contributed by atoms with van der Waals surface area (Å²) in [5.41, 5.74) is 5.63. The van der Waals surface area contributed by atoms with Crippen LogP contribution in [0.2, 0.25) is 10.0 Å². The molecule has 0 aliphatic heterocycles. The van der Waals surface area contributed by atoms with Gasteiger partial charge in [-0.2, -0.15) is 9.57 Å². The Morgan fingerprint density at radius 2 is 1.84 bits per heavy atom. The van der Waals surface area contributed by atoms with Crippen molar-refractivity contribution in [2.24, 2.45) is 5.73 Å². The second kappa shape index (κ2) is 8.04. The van der Waals surface area contributed by atoms with Crippen LogP contribution in [0.4, 0.5) is 0 Å². The molecule has 0 radical (unpaired) electrons. The number of nitrogens with zero attached hydrogens (tertiary/aromatic N) is 2. The molecule has 0 aliphatic carbocycles. The van der Waals surface area contributed by atoms with Gasteiger partial charge in [0.25, 0.3) is 0 Å². The maximum Gasteiger partial charge on any atom is 0.246 e. The molecular formula is C16H15Cl2N3O3S. The summed E-state index contributed by atoms with van der Waals surface area (Å²) in [6, 6.07) is 10.6. The van der Waals surface area contributed by atoms with Crippen LogP contribution >= 0.6 is 23.2 Å². The summed E-state index contributed by atoms with van der Waals surface area (Å²) in [5.74, 6) is 0.335. The van der Waals surface area contributed by atoms with Gasteiger partial charge in [0.2, 0.25) is 10.0 Å². The molecule has 0 spiro atoms. The van der Waals surface area contributed by atoms with Crippen molar-refractivity contribution in [3.8, 4) is 17.6 Å². The molecule has 0 bridgehead atoms. The molecule has 2 aromatic carbocycles. The van der Waals surface area contributed by atoms with Crippen molar-refractivity contribution in [3.05, 3.63) is 52.0 Å². The molecule has 0 fully saturated rings. The van der Waals surface area contributed by atoms with Gasteiger partial charge in [0.1, 0.15) is 16.4 Å². The summed E-state index contributed by atoms with van der Waals surface area (Å²) >= 11 is 11.9. The number of halogens is 2. The molecule has 0 amide bonds. The number of nitriles is 1. The molecular weight excluding hydrogens is 385 g/mol. The van der Waals surface area contributed by atoms with E-state index in [1.807, 2.05) is 6.07 Å². The van der Waals surface area contributed by atoms with Gasteiger partial charge in [-0.25, -0.2) is 8.42 Å². The van der Waals surface area contributed by atoms with Crippen LogP contribution < -0.4 is 10.5 Å². The van der Waals surface area contributed by atoms with Crippen LogP contribution in [0.1, 0.15) is 5.56 Å². The Kier molecular flexibility index (Phi) is 6.27. The first kappa shape index (κ1) is 19.5. The van der Waals surface area contributed by atoms with Crippen LogP contribution in [-0.4, -0.2) is 32.9 Å². The summed E-state index contributed by atoms with van der Waals surface area (Å²) in [7, 11) is -2.49. The van der Waals surface area contributed by atoms with Crippen molar-refractivity contribution in [2.45, 2.75) is 4.90 Å². The quantitative estimate of drug-likeness (QED) is 0.803. The van der Waals surface area contributed by atoms with Crippen LogP contribution in [-0.2, 0) is 10.0 Å². The molecule has 132 valence electrons. The Bertz CT molecular complexity index is 906. The van der Waals surface area contributed by atoms with Gasteiger partial charge in [-0.15, -0.1) is 0 Å². The van der Waals surface area contributed by atoms with E-state index in [1.54, 1.807) is 0 Å². The average Bonchev–Trinajstić information content (AvgIpc) is 2.54. The second-order valence-corrected chi connectivity index (χ2v) is 7.98. The van der Waals surface area contributed by atoms with E-state index < -0.39 is 10.0 Å². The van der Waals surface area contributed by atoms with E-state index in [1.165, 1.54) is 43.4 Å². The Morgan fingerprint density at radius 1 is 1.20 bits per heavy atom. The predicted octanol–water partition coefficient (Wildman–Crippen LogP) is 3.24. The lowest BCUT2D eigenvalue weighted by Crippen LogP contribution is -2.32. The third-order valence-corrected chi connectivity index (χ3v) is 5.58. The standard InChI is InChI=1S/C16H15Cl2N3O3S/c1-21(5-4-19)25(22,23)16-6-11(10-20)2-3-15(16)24-14-8-12(17)7-13(18)9-14/h2-3,6-9H,4-5,19H2,1H3. The monoisotopic (exact) mass is 399 g/mol. The van der Waals surface area contributed by atoms with Gasteiger partial charge in [-0.3, -0.25) is 0 Å². The number of hydrogen-bond acceptors (Lipinski definition) is 5. The Balaban J connectivity index is 2.53. The summed E-state index contributed by atoms with van der Waals surface area (Å²) < 4.78 is 32.3. The maximum atomic E-state index is 12.8. The third kappa shape index (κ3) is 4.63. The number of benzene rings is 2. The zero-order valence-electron chi connectivity index (χ0n) is 13.2. The third-order valence-electron chi connectivity index (χ3n) is 3.27. The zero-order chi connectivity index (χ0) is 18.6. The number of hydrogen-bond donors (Lipinski definition) is 1. The van der Waals surface area contributed by atoms with Crippen molar-refractivity contribution < 1.29 is 13.2 Å². The van der Waals surface area contributed by atoms with E-state index in [9.17, 15) is 8.42 Å². The van der Waals surface area contributed by atoms with Crippen molar-refractivity contribution in [2.75, 3.05) is 20.1 Å². The van der Waals surface area contributed by atoms with Crippen molar-refractivity contribution in [1.82, 2.24) is 4.31 Å². The van der Waals surface area contributed by atoms with Gasteiger partial charge >= 0.3 is 0 Å². The highest BCUT2D eigenvalue weighted by Crippen LogP contribution is 2.33. The van der Waals surface area contributed by atoms with Gasteiger partial charge < -0.3 is 10.5 Å². The minimum Gasteiger partial charge on any atom is -0.456 e. The highest BCUT2D eigenvalue weighted by Gasteiger charge is 2.25. The van der Waals surface area contributed by atoms with E-state index in [0.717, 1.165) is 4.31 Å². The van der Waals surface area contributed by atoms with Gasteiger partial charge in [-0.05, 0) is 36.4 Å². The Morgan fingerprint density at radius 3 is 2.40 bits per heavy atom. The first-order valence-corrected chi connectivity index (χ1v) is 9.32. The van der Waals surface area contributed by atoms with Gasteiger partial charge in [-0.1, -0.05) is 23.2 Å². The van der Waals surface area contributed by atoms with Crippen LogP contribution in [0.3, 0.4) is 0 Å². The summed E-state index contributed by atoms with van der Waals surface area (Å²) in [6.07, 6.45) is 0. The molecule has 0 atom stereocenters. The van der Waals surface area contributed by atoms with Gasteiger partial charge in [0.05, 0.1) is 11.6 Å². The number of ether oxygens (including phenoxy) is 1.